The van der Waals surface area contributed by atoms with Crippen LogP contribution in [0.4, 0.5) is 17.6 Å². The first kappa shape index (κ1) is 24.5. The molecule has 192 valence electrons. The molecule has 0 unspecified atom stereocenters. The SMILES string of the molecule is CC(C)c1cnn2c(NCc3ccc(NC(=O)C4CCOCC4)cc3)nc(N3CCC[C@H](O)C3)nc12. The number of ether oxygens (including phenoxy) is 1. The molecule has 1 atom stereocenters. The van der Waals surface area contributed by atoms with Gasteiger partial charge < -0.3 is 25.4 Å². The number of nitrogens with zero attached hydrogens (tertiary/aromatic N) is 5. The summed E-state index contributed by atoms with van der Waals surface area (Å²) in [4.78, 5) is 24.2. The maximum atomic E-state index is 12.5. The van der Waals surface area contributed by atoms with Crippen LogP contribution in [0, 0.1) is 5.92 Å². The van der Waals surface area contributed by atoms with Gasteiger partial charge in [0.05, 0.1) is 12.3 Å². The second-order valence-electron chi connectivity index (χ2n) is 10.0. The number of aromatic nitrogens is 4. The summed E-state index contributed by atoms with van der Waals surface area (Å²) >= 11 is 0. The van der Waals surface area contributed by atoms with E-state index in [9.17, 15) is 9.90 Å². The number of carbonyl (C=O) groups excluding carboxylic acids is 1. The van der Waals surface area contributed by atoms with Crippen molar-refractivity contribution in [1.29, 1.82) is 0 Å². The zero-order valence-corrected chi connectivity index (χ0v) is 21.0. The van der Waals surface area contributed by atoms with E-state index in [1.165, 1.54) is 0 Å². The van der Waals surface area contributed by atoms with E-state index in [1.807, 2.05) is 35.4 Å². The molecule has 2 fully saturated rings. The molecule has 0 radical (unpaired) electrons. The molecule has 36 heavy (non-hydrogen) atoms. The van der Waals surface area contributed by atoms with Crippen molar-refractivity contribution in [2.75, 3.05) is 41.8 Å². The lowest BCUT2D eigenvalue weighted by molar-refractivity contribution is -0.122. The Labute approximate surface area is 211 Å². The fourth-order valence-corrected chi connectivity index (χ4v) is 4.77. The van der Waals surface area contributed by atoms with E-state index in [2.05, 4.69) is 29.6 Å². The molecule has 5 rings (SSSR count). The fraction of sp³-hybridized carbons (Fsp3) is 0.538. The summed E-state index contributed by atoms with van der Waals surface area (Å²) in [6.07, 6.45) is 4.74. The van der Waals surface area contributed by atoms with E-state index in [0.29, 0.717) is 38.2 Å². The molecule has 10 heteroatoms. The summed E-state index contributed by atoms with van der Waals surface area (Å²) in [6, 6.07) is 7.84. The van der Waals surface area contributed by atoms with Crippen molar-refractivity contribution in [3.8, 4) is 0 Å². The molecule has 3 aromatic rings. The molecule has 2 aliphatic heterocycles. The van der Waals surface area contributed by atoms with Crippen molar-refractivity contribution in [2.45, 2.75) is 58.1 Å². The molecule has 0 aliphatic carbocycles. The summed E-state index contributed by atoms with van der Waals surface area (Å²) in [5.41, 5.74) is 3.68. The van der Waals surface area contributed by atoms with Gasteiger partial charge in [-0.3, -0.25) is 4.79 Å². The number of rotatable bonds is 7. The standard InChI is InChI=1S/C26H35N7O3/c1-17(2)22-15-28-33-23(22)30-26(32-11-3-4-21(34)16-32)31-25(33)27-14-18-5-7-20(8-6-18)29-24(35)19-9-12-36-13-10-19/h5-8,15,17,19,21,34H,3-4,9-14,16H2,1-2H3,(H,29,35)(H,27,30,31)/t21-/m0/s1. The lowest BCUT2D eigenvalue weighted by Crippen LogP contribution is -2.39. The van der Waals surface area contributed by atoms with Crippen molar-refractivity contribution in [3.05, 3.63) is 41.6 Å². The van der Waals surface area contributed by atoms with Crippen LogP contribution in [0.1, 0.15) is 56.6 Å². The summed E-state index contributed by atoms with van der Waals surface area (Å²) in [7, 11) is 0. The first-order valence-corrected chi connectivity index (χ1v) is 12.9. The van der Waals surface area contributed by atoms with Crippen LogP contribution >= 0.6 is 0 Å². The van der Waals surface area contributed by atoms with Gasteiger partial charge in [-0.15, -0.1) is 0 Å². The Morgan fingerprint density at radius 2 is 1.94 bits per heavy atom. The number of hydrogen-bond acceptors (Lipinski definition) is 8. The molecule has 0 spiro atoms. The van der Waals surface area contributed by atoms with Gasteiger partial charge in [-0.2, -0.15) is 19.6 Å². The largest absolute Gasteiger partial charge is 0.391 e. The highest BCUT2D eigenvalue weighted by molar-refractivity contribution is 5.92. The normalized spacial score (nSPS) is 19.1. The molecule has 2 aliphatic rings. The first-order chi connectivity index (χ1) is 17.5. The molecule has 4 heterocycles. The maximum Gasteiger partial charge on any atom is 0.230 e. The fourth-order valence-electron chi connectivity index (χ4n) is 4.77. The third-order valence-electron chi connectivity index (χ3n) is 6.95. The van der Waals surface area contributed by atoms with Crippen LogP contribution in [0.5, 0.6) is 0 Å². The molecule has 0 saturated carbocycles. The third-order valence-corrected chi connectivity index (χ3v) is 6.95. The van der Waals surface area contributed by atoms with Crippen molar-refractivity contribution in [3.63, 3.8) is 0 Å². The van der Waals surface area contributed by atoms with Gasteiger partial charge in [-0.05, 0) is 49.3 Å². The predicted octanol–water partition coefficient (Wildman–Crippen LogP) is 3.19. The molecule has 1 aromatic carbocycles. The van der Waals surface area contributed by atoms with Gasteiger partial charge in [-0.1, -0.05) is 26.0 Å². The number of carbonyl (C=O) groups is 1. The topological polar surface area (TPSA) is 117 Å². The molecule has 0 bridgehead atoms. The van der Waals surface area contributed by atoms with Crippen LogP contribution in [-0.2, 0) is 16.1 Å². The molecular weight excluding hydrogens is 458 g/mol. The van der Waals surface area contributed by atoms with E-state index < -0.39 is 0 Å². The molecule has 1 amide bonds. The average molecular weight is 494 g/mol. The van der Waals surface area contributed by atoms with E-state index in [4.69, 9.17) is 14.7 Å². The third kappa shape index (κ3) is 5.44. The van der Waals surface area contributed by atoms with Gasteiger partial charge in [0.1, 0.15) is 0 Å². The molecule has 2 aromatic heterocycles. The molecule has 10 nitrogen and oxygen atoms in total. The van der Waals surface area contributed by atoms with Gasteiger partial charge in [-0.25, -0.2) is 0 Å². The molecular formula is C26H35N7O3. The predicted molar refractivity (Wildman–Crippen MR) is 138 cm³/mol. The number of aliphatic hydroxyl groups excluding tert-OH is 1. The van der Waals surface area contributed by atoms with E-state index in [1.54, 1.807) is 4.52 Å². The highest BCUT2D eigenvalue weighted by atomic mass is 16.5. The number of anilines is 3. The number of piperidine rings is 1. The Hall–Kier alpha value is -3.24. The van der Waals surface area contributed by atoms with E-state index >= 15 is 0 Å². The Morgan fingerprint density at radius 3 is 2.67 bits per heavy atom. The summed E-state index contributed by atoms with van der Waals surface area (Å²) in [5.74, 6) is 1.56. The lowest BCUT2D eigenvalue weighted by Gasteiger charge is -2.30. The Morgan fingerprint density at radius 1 is 1.17 bits per heavy atom. The van der Waals surface area contributed by atoms with Gasteiger partial charge in [0.2, 0.25) is 17.8 Å². The number of fused-ring (bicyclic) bond motifs is 1. The van der Waals surface area contributed by atoms with E-state index in [-0.39, 0.29) is 23.8 Å². The summed E-state index contributed by atoms with van der Waals surface area (Å²) in [5, 5.41) is 21.2. The smallest absolute Gasteiger partial charge is 0.230 e. The second kappa shape index (κ2) is 10.8. The minimum Gasteiger partial charge on any atom is -0.391 e. The first-order valence-electron chi connectivity index (χ1n) is 12.9. The van der Waals surface area contributed by atoms with Crippen LogP contribution in [-0.4, -0.2) is 63.0 Å². The average Bonchev–Trinajstić information content (AvgIpc) is 3.33. The van der Waals surface area contributed by atoms with Crippen LogP contribution in [0.2, 0.25) is 0 Å². The quantitative estimate of drug-likeness (QED) is 0.460. The number of aliphatic hydroxyl groups is 1. The minimum absolute atomic E-state index is 0.0141. The van der Waals surface area contributed by atoms with Crippen LogP contribution in [0.15, 0.2) is 30.5 Å². The number of nitrogens with one attached hydrogen (secondary N) is 2. The van der Waals surface area contributed by atoms with Crippen molar-refractivity contribution in [2.24, 2.45) is 5.92 Å². The van der Waals surface area contributed by atoms with Crippen LogP contribution in [0.25, 0.3) is 5.65 Å². The second-order valence-corrected chi connectivity index (χ2v) is 10.0. The summed E-state index contributed by atoms with van der Waals surface area (Å²) in [6.45, 7) is 7.43. The van der Waals surface area contributed by atoms with E-state index in [0.717, 1.165) is 54.7 Å². The monoisotopic (exact) mass is 493 g/mol. The van der Waals surface area contributed by atoms with Crippen molar-refractivity contribution < 1.29 is 14.6 Å². The number of amides is 1. The van der Waals surface area contributed by atoms with Crippen molar-refractivity contribution >= 4 is 29.1 Å². The summed E-state index contributed by atoms with van der Waals surface area (Å²) < 4.78 is 7.10. The zero-order valence-electron chi connectivity index (χ0n) is 21.0. The molecule has 2 saturated heterocycles. The number of hydrogen-bond donors (Lipinski definition) is 3. The zero-order chi connectivity index (χ0) is 25.1. The van der Waals surface area contributed by atoms with Gasteiger partial charge in [0.15, 0.2) is 5.65 Å². The van der Waals surface area contributed by atoms with Crippen molar-refractivity contribution in [1.82, 2.24) is 19.6 Å². The van der Waals surface area contributed by atoms with Crippen LogP contribution in [0.3, 0.4) is 0 Å². The molecule has 3 N–H and O–H groups in total. The van der Waals surface area contributed by atoms with Gasteiger partial charge in [0, 0.05) is 50.0 Å². The van der Waals surface area contributed by atoms with Crippen LogP contribution < -0.4 is 15.5 Å². The van der Waals surface area contributed by atoms with Gasteiger partial charge >= 0.3 is 0 Å². The Kier molecular flexibility index (Phi) is 7.33. The number of benzene rings is 1. The highest BCUT2D eigenvalue weighted by Crippen LogP contribution is 2.25. The van der Waals surface area contributed by atoms with Gasteiger partial charge in [0.25, 0.3) is 0 Å². The number of β-amino-alcohol motifs (C(OH)–C–C–N with tert-alkyl or cyclic N) is 1. The highest BCUT2D eigenvalue weighted by Gasteiger charge is 2.24. The maximum absolute atomic E-state index is 12.5. The lowest BCUT2D eigenvalue weighted by atomic mass is 9.99. The Balaban J connectivity index is 1.31. The Bertz CT molecular complexity index is 1190. The minimum atomic E-state index is -0.366.